The van der Waals surface area contributed by atoms with E-state index in [9.17, 15) is 13.2 Å². The molecule has 0 heterocycles. The zero-order valence-electron chi connectivity index (χ0n) is 8.68. The molecular weight excluding hydrogens is 229 g/mol. The van der Waals surface area contributed by atoms with Crippen molar-refractivity contribution in [2.45, 2.75) is 0 Å². The van der Waals surface area contributed by atoms with Crippen LogP contribution in [0.25, 0.3) is 0 Å². The molecule has 0 spiro atoms. The molecular formula is C12H9F3N2. The van der Waals surface area contributed by atoms with Gasteiger partial charge in [-0.25, -0.2) is 13.2 Å². The van der Waals surface area contributed by atoms with E-state index in [-0.39, 0.29) is 11.4 Å². The van der Waals surface area contributed by atoms with Gasteiger partial charge in [-0.3, -0.25) is 0 Å². The fraction of sp³-hybridized carbons (Fsp3) is 0. The minimum Gasteiger partial charge on any atom is -0.395 e. The van der Waals surface area contributed by atoms with Crippen LogP contribution in [0, 0.1) is 17.5 Å². The smallest absolute Gasteiger partial charge is 0.151 e. The van der Waals surface area contributed by atoms with Crippen LogP contribution in [0.4, 0.5) is 30.2 Å². The third-order valence-electron chi connectivity index (χ3n) is 2.20. The van der Waals surface area contributed by atoms with E-state index >= 15 is 0 Å². The lowest BCUT2D eigenvalue weighted by Gasteiger charge is -2.10. The summed E-state index contributed by atoms with van der Waals surface area (Å²) in [5.74, 6) is -2.06. The first-order valence-electron chi connectivity index (χ1n) is 4.83. The van der Waals surface area contributed by atoms with Gasteiger partial charge in [0.25, 0.3) is 0 Å². The number of benzene rings is 2. The van der Waals surface area contributed by atoms with Gasteiger partial charge in [0.1, 0.15) is 11.6 Å². The Morgan fingerprint density at radius 2 is 1.71 bits per heavy atom. The monoisotopic (exact) mass is 238 g/mol. The summed E-state index contributed by atoms with van der Waals surface area (Å²) in [6.45, 7) is 0. The maximum absolute atomic E-state index is 13.1. The highest BCUT2D eigenvalue weighted by atomic mass is 19.1. The SMILES string of the molecule is Nc1c(F)cc(F)cc1Nc1cccc(F)c1. The molecule has 0 atom stereocenters. The summed E-state index contributed by atoms with van der Waals surface area (Å²) < 4.78 is 39.0. The minimum atomic E-state index is -0.857. The van der Waals surface area contributed by atoms with Gasteiger partial charge in [0.05, 0.1) is 11.4 Å². The van der Waals surface area contributed by atoms with Gasteiger partial charge in [-0.2, -0.15) is 0 Å². The van der Waals surface area contributed by atoms with Gasteiger partial charge in [-0.1, -0.05) is 6.07 Å². The van der Waals surface area contributed by atoms with E-state index in [4.69, 9.17) is 5.73 Å². The van der Waals surface area contributed by atoms with Crippen LogP contribution in [-0.2, 0) is 0 Å². The van der Waals surface area contributed by atoms with Gasteiger partial charge in [0, 0.05) is 11.8 Å². The van der Waals surface area contributed by atoms with E-state index in [1.54, 1.807) is 6.07 Å². The molecule has 0 aliphatic carbocycles. The molecule has 0 unspecified atom stereocenters. The zero-order chi connectivity index (χ0) is 12.4. The van der Waals surface area contributed by atoms with Crippen molar-refractivity contribution >= 4 is 17.1 Å². The molecule has 0 amide bonds. The predicted molar refractivity (Wildman–Crippen MR) is 60.5 cm³/mol. The van der Waals surface area contributed by atoms with Gasteiger partial charge >= 0.3 is 0 Å². The van der Waals surface area contributed by atoms with Crippen LogP contribution in [0.1, 0.15) is 0 Å². The maximum atomic E-state index is 13.1. The number of rotatable bonds is 2. The molecule has 0 saturated carbocycles. The second-order valence-corrected chi connectivity index (χ2v) is 3.48. The molecule has 17 heavy (non-hydrogen) atoms. The molecule has 2 aromatic rings. The van der Waals surface area contributed by atoms with E-state index in [0.717, 1.165) is 6.07 Å². The van der Waals surface area contributed by atoms with Crippen LogP contribution in [-0.4, -0.2) is 0 Å². The van der Waals surface area contributed by atoms with Crippen LogP contribution in [0.5, 0.6) is 0 Å². The summed E-state index contributed by atoms with van der Waals surface area (Å²) in [7, 11) is 0. The lowest BCUT2D eigenvalue weighted by atomic mass is 10.2. The van der Waals surface area contributed by atoms with Crippen LogP contribution in [0.3, 0.4) is 0 Å². The first kappa shape index (κ1) is 11.3. The van der Waals surface area contributed by atoms with E-state index in [1.165, 1.54) is 18.2 Å². The lowest BCUT2D eigenvalue weighted by Crippen LogP contribution is -2.00. The quantitative estimate of drug-likeness (QED) is 0.786. The second-order valence-electron chi connectivity index (χ2n) is 3.48. The van der Waals surface area contributed by atoms with Crippen molar-refractivity contribution in [1.29, 1.82) is 0 Å². The molecule has 0 aromatic heterocycles. The largest absolute Gasteiger partial charge is 0.395 e. The molecule has 2 rings (SSSR count). The summed E-state index contributed by atoms with van der Waals surface area (Å²) in [6.07, 6.45) is 0. The molecule has 0 bridgehead atoms. The fourth-order valence-electron chi connectivity index (χ4n) is 1.41. The van der Waals surface area contributed by atoms with E-state index in [1.807, 2.05) is 0 Å². The van der Waals surface area contributed by atoms with Crippen LogP contribution in [0.15, 0.2) is 36.4 Å². The van der Waals surface area contributed by atoms with Gasteiger partial charge in [-0.05, 0) is 24.3 Å². The molecule has 5 heteroatoms. The number of hydrogen-bond donors (Lipinski definition) is 2. The summed E-state index contributed by atoms with van der Waals surface area (Å²) in [6, 6.07) is 7.23. The third kappa shape index (κ3) is 2.50. The number of anilines is 3. The van der Waals surface area contributed by atoms with Crippen molar-refractivity contribution in [3.8, 4) is 0 Å². The van der Waals surface area contributed by atoms with Crippen molar-refractivity contribution in [2.24, 2.45) is 0 Å². The summed E-state index contributed by atoms with van der Waals surface area (Å²) >= 11 is 0. The molecule has 88 valence electrons. The average molecular weight is 238 g/mol. The Bertz CT molecular complexity index is 555. The standard InChI is InChI=1S/C12H9F3N2/c13-7-2-1-3-9(4-7)17-11-6-8(14)5-10(15)12(11)16/h1-6,17H,16H2. The Morgan fingerprint density at radius 1 is 0.941 bits per heavy atom. The normalized spacial score (nSPS) is 10.3. The summed E-state index contributed by atoms with van der Waals surface area (Å²) in [5.41, 5.74) is 5.65. The highest BCUT2D eigenvalue weighted by molar-refractivity contribution is 5.72. The Morgan fingerprint density at radius 3 is 2.41 bits per heavy atom. The Balaban J connectivity index is 2.36. The van der Waals surface area contributed by atoms with Crippen molar-refractivity contribution in [1.82, 2.24) is 0 Å². The highest BCUT2D eigenvalue weighted by Gasteiger charge is 2.08. The Hall–Kier alpha value is -2.17. The second kappa shape index (κ2) is 4.37. The van der Waals surface area contributed by atoms with E-state index in [2.05, 4.69) is 5.32 Å². The van der Waals surface area contributed by atoms with E-state index in [0.29, 0.717) is 11.8 Å². The van der Waals surface area contributed by atoms with Crippen LogP contribution < -0.4 is 11.1 Å². The van der Waals surface area contributed by atoms with Crippen LogP contribution in [0.2, 0.25) is 0 Å². The van der Waals surface area contributed by atoms with Gasteiger partial charge in [0.15, 0.2) is 5.82 Å². The first-order valence-corrected chi connectivity index (χ1v) is 4.83. The third-order valence-corrected chi connectivity index (χ3v) is 2.20. The number of nitrogen functional groups attached to an aromatic ring is 1. The van der Waals surface area contributed by atoms with Gasteiger partial charge < -0.3 is 11.1 Å². The lowest BCUT2D eigenvalue weighted by molar-refractivity contribution is 0.587. The molecule has 3 N–H and O–H groups in total. The van der Waals surface area contributed by atoms with E-state index < -0.39 is 17.5 Å². The van der Waals surface area contributed by atoms with Crippen LogP contribution >= 0.6 is 0 Å². The first-order chi connectivity index (χ1) is 8.06. The number of nitrogens with one attached hydrogen (secondary N) is 1. The zero-order valence-corrected chi connectivity index (χ0v) is 8.68. The topological polar surface area (TPSA) is 38.0 Å². The molecule has 2 nitrogen and oxygen atoms in total. The maximum Gasteiger partial charge on any atom is 0.151 e. The fourth-order valence-corrected chi connectivity index (χ4v) is 1.41. The van der Waals surface area contributed by atoms with Gasteiger partial charge in [-0.15, -0.1) is 0 Å². The number of nitrogens with two attached hydrogens (primary N) is 1. The highest BCUT2D eigenvalue weighted by Crippen LogP contribution is 2.26. The average Bonchev–Trinajstić information content (AvgIpc) is 2.25. The Labute approximate surface area is 95.9 Å². The molecule has 2 aromatic carbocycles. The molecule has 0 aliphatic rings. The molecule has 0 saturated heterocycles. The number of halogens is 3. The molecule has 0 radical (unpaired) electrons. The molecule has 0 aliphatic heterocycles. The minimum absolute atomic E-state index is 0.0631. The predicted octanol–water partition coefficient (Wildman–Crippen LogP) is 3.43. The van der Waals surface area contributed by atoms with Crippen molar-refractivity contribution in [3.05, 3.63) is 53.8 Å². The van der Waals surface area contributed by atoms with Crippen molar-refractivity contribution in [3.63, 3.8) is 0 Å². The molecule has 0 fully saturated rings. The summed E-state index contributed by atoms with van der Waals surface area (Å²) in [4.78, 5) is 0. The summed E-state index contributed by atoms with van der Waals surface area (Å²) in [5, 5.41) is 2.65. The van der Waals surface area contributed by atoms with Crippen molar-refractivity contribution < 1.29 is 13.2 Å². The van der Waals surface area contributed by atoms with Gasteiger partial charge in [0.2, 0.25) is 0 Å². The Kier molecular flexibility index (Phi) is 2.91. The number of hydrogen-bond acceptors (Lipinski definition) is 2. The van der Waals surface area contributed by atoms with Crippen molar-refractivity contribution in [2.75, 3.05) is 11.1 Å².